The second-order valence-corrected chi connectivity index (χ2v) is 8.94. The number of para-hydroxylation sites is 1. The van der Waals surface area contributed by atoms with Crippen molar-refractivity contribution in [1.29, 1.82) is 0 Å². The van der Waals surface area contributed by atoms with E-state index in [1.165, 1.54) is 12.1 Å². The monoisotopic (exact) mass is 511 g/mol. The highest BCUT2D eigenvalue weighted by molar-refractivity contribution is 5.90. The molecule has 37 heavy (non-hydrogen) atoms. The lowest BCUT2D eigenvalue weighted by Crippen LogP contribution is -2.46. The minimum atomic E-state index is -4.41. The van der Waals surface area contributed by atoms with Gasteiger partial charge in [0.1, 0.15) is 5.60 Å². The Morgan fingerprint density at radius 3 is 2.32 bits per heavy atom. The van der Waals surface area contributed by atoms with Gasteiger partial charge in [0.25, 0.3) is 0 Å². The van der Waals surface area contributed by atoms with Gasteiger partial charge in [-0.25, -0.2) is 4.79 Å². The van der Waals surface area contributed by atoms with Crippen LogP contribution in [0, 0.1) is 0 Å². The largest absolute Gasteiger partial charge is 0.441 e. The van der Waals surface area contributed by atoms with Crippen molar-refractivity contribution >= 4 is 17.9 Å². The van der Waals surface area contributed by atoms with Crippen LogP contribution in [-0.2, 0) is 27.0 Å². The number of piperidine rings is 1. The number of carbonyl (C=O) groups is 1. The number of anilines is 1. The van der Waals surface area contributed by atoms with Crippen LogP contribution in [0.1, 0.15) is 24.0 Å². The first kappa shape index (κ1) is 26.1. The number of hydrogen-bond acceptors (Lipinski definition) is 6. The summed E-state index contributed by atoms with van der Waals surface area (Å²) < 4.78 is 46.1. The molecule has 2 fully saturated rings. The van der Waals surface area contributed by atoms with E-state index >= 15 is 0 Å². The van der Waals surface area contributed by atoms with Crippen molar-refractivity contribution in [2.24, 2.45) is 0 Å². The molecule has 0 aliphatic carbocycles. The summed E-state index contributed by atoms with van der Waals surface area (Å²) in [6.07, 6.45) is 0.0443. The van der Waals surface area contributed by atoms with Crippen LogP contribution in [0.3, 0.4) is 0 Å². The van der Waals surface area contributed by atoms with Crippen molar-refractivity contribution in [3.8, 4) is 11.1 Å². The number of ether oxygens (including phenoxy) is 1. The fourth-order valence-corrected chi connectivity index (χ4v) is 4.75. The Morgan fingerprint density at radius 2 is 1.70 bits per heavy atom. The third-order valence-corrected chi connectivity index (χ3v) is 6.60. The SMILES string of the molecule is O=C1OC2(CCN(Cc3cc(C(F)(F)F)ccc3-c3cccnc3)CC2)CN1c1ccccc1.O=C=O. The molecule has 0 bridgehead atoms. The molecule has 3 aromatic rings. The van der Waals surface area contributed by atoms with Crippen LogP contribution in [-0.4, -0.2) is 47.4 Å². The number of carbonyl (C=O) groups excluding carboxylic acids is 3. The molecule has 0 radical (unpaired) electrons. The summed E-state index contributed by atoms with van der Waals surface area (Å²) in [7, 11) is 0. The first-order valence-electron chi connectivity index (χ1n) is 11.6. The Hall–Kier alpha value is -4.01. The molecule has 0 saturated carbocycles. The molecule has 192 valence electrons. The van der Waals surface area contributed by atoms with Gasteiger partial charge in [0.15, 0.2) is 0 Å². The zero-order valence-electron chi connectivity index (χ0n) is 19.8. The zero-order valence-corrected chi connectivity index (χ0v) is 19.8. The molecule has 2 saturated heterocycles. The molecular weight excluding hydrogens is 487 g/mol. The van der Waals surface area contributed by atoms with Crippen LogP contribution < -0.4 is 4.90 Å². The van der Waals surface area contributed by atoms with E-state index in [0.717, 1.165) is 22.9 Å². The van der Waals surface area contributed by atoms with E-state index < -0.39 is 17.3 Å². The minimum Gasteiger partial charge on any atom is -0.441 e. The molecule has 2 aliphatic heterocycles. The van der Waals surface area contributed by atoms with Crippen molar-refractivity contribution < 1.29 is 32.3 Å². The Labute approximate surface area is 211 Å². The maximum atomic E-state index is 13.4. The topological polar surface area (TPSA) is 79.8 Å². The Balaban J connectivity index is 0.00000102. The third-order valence-electron chi connectivity index (χ3n) is 6.60. The fraction of sp³-hybridized carbons (Fsp3) is 0.296. The number of benzene rings is 2. The normalized spacial score (nSPS) is 17.1. The van der Waals surface area contributed by atoms with Crippen LogP contribution in [0.25, 0.3) is 11.1 Å². The number of likely N-dealkylation sites (tertiary alicyclic amines) is 1. The highest BCUT2D eigenvalue weighted by Gasteiger charge is 2.47. The van der Waals surface area contributed by atoms with Gasteiger partial charge >= 0.3 is 18.4 Å². The second kappa shape index (κ2) is 10.9. The van der Waals surface area contributed by atoms with E-state index in [4.69, 9.17) is 14.3 Å². The predicted molar refractivity (Wildman–Crippen MR) is 127 cm³/mol. The molecule has 2 aliphatic rings. The van der Waals surface area contributed by atoms with Crippen LogP contribution in [0.15, 0.2) is 73.1 Å². The van der Waals surface area contributed by atoms with Crippen molar-refractivity contribution in [3.05, 3.63) is 84.2 Å². The zero-order chi connectivity index (χ0) is 26.5. The Bertz CT molecular complexity index is 1250. The highest BCUT2D eigenvalue weighted by Crippen LogP contribution is 2.38. The van der Waals surface area contributed by atoms with Crippen molar-refractivity contribution in [2.75, 3.05) is 24.5 Å². The van der Waals surface area contributed by atoms with E-state index in [2.05, 4.69) is 9.88 Å². The van der Waals surface area contributed by atoms with E-state index in [0.29, 0.717) is 44.6 Å². The summed E-state index contributed by atoms with van der Waals surface area (Å²) in [4.78, 5) is 36.7. The van der Waals surface area contributed by atoms with E-state index in [1.54, 1.807) is 23.4 Å². The molecule has 10 heteroatoms. The second-order valence-electron chi connectivity index (χ2n) is 8.94. The molecule has 3 heterocycles. The van der Waals surface area contributed by atoms with Gasteiger partial charge in [-0.05, 0) is 41.5 Å². The molecule has 1 spiro atoms. The number of nitrogens with zero attached hydrogens (tertiary/aromatic N) is 3. The number of hydrogen-bond donors (Lipinski definition) is 0. The molecule has 5 rings (SSSR count). The average Bonchev–Trinajstić information content (AvgIpc) is 3.22. The minimum absolute atomic E-state index is 0.250. The van der Waals surface area contributed by atoms with Crippen LogP contribution in [0.4, 0.5) is 23.7 Å². The van der Waals surface area contributed by atoms with Gasteiger partial charge < -0.3 is 4.74 Å². The average molecular weight is 512 g/mol. The first-order valence-corrected chi connectivity index (χ1v) is 11.6. The van der Waals surface area contributed by atoms with Crippen molar-refractivity contribution in [3.63, 3.8) is 0 Å². The Morgan fingerprint density at radius 1 is 1.00 bits per heavy atom. The number of aromatic nitrogens is 1. The summed E-state index contributed by atoms with van der Waals surface area (Å²) >= 11 is 0. The van der Waals surface area contributed by atoms with Crippen LogP contribution in [0.2, 0.25) is 0 Å². The number of rotatable bonds is 4. The van der Waals surface area contributed by atoms with Crippen LogP contribution >= 0.6 is 0 Å². The molecule has 1 aromatic heterocycles. The molecule has 0 atom stereocenters. The maximum Gasteiger partial charge on any atom is 0.416 e. The van der Waals surface area contributed by atoms with Crippen molar-refractivity contribution in [2.45, 2.75) is 31.2 Å². The molecule has 0 N–H and O–H groups in total. The number of amides is 1. The van der Waals surface area contributed by atoms with Gasteiger partial charge in [0.2, 0.25) is 0 Å². The van der Waals surface area contributed by atoms with Gasteiger partial charge in [0, 0.05) is 56.1 Å². The summed E-state index contributed by atoms with van der Waals surface area (Å²) in [6, 6.07) is 16.9. The van der Waals surface area contributed by atoms with E-state index in [1.807, 2.05) is 36.4 Å². The maximum absolute atomic E-state index is 13.4. The summed E-state index contributed by atoms with van der Waals surface area (Å²) in [5, 5.41) is 0. The summed E-state index contributed by atoms with van der Waals surface area (Å²) in [5.74, 6) is 0. The molecule has 1 amide bonds. The van der Waals surface area contributed by atoms with Gasteiger partial charge in [0.05, 0.1) is 12.1 Å². The number of alkyl halides is 3. The van der Waals surface area contributed by atoms with Crippen LogP contribution in [0.5, 0.6) is 0 Å². The van der Waals surface area contributed by atoms with Crippen molar-refractivity contribution in [1.82, 2.24) is 9.88 Å². The standard InChI is InChI=1S/C26H24F3N3O2.CO2/c27-26(28,29)21-8-9-23(19-5-4-12-30-16-19)20(15-21)17-31-13-10-25(11-14-31)18-32(24(33)34-25)22-6-2-1-3-7-22;2-1-3/h1-9,12,15-16H,10-11,13-14,17-18H2;. The Kier molecular flexibility index (Phi) is 7.71. The summed E-state index contributed by atoms with van der Waals surface area (Å²) in [5.41, 5.74) is 1.70. The highest BCUT2D eigenvalue weighted by atomic mass is 19.4. The quantitative estimate of drug-likeness (QED) is 0.481. The number of pyridine rings is 1. The lowest BCUT2D eigenvalue weighted by atomic mass is 9.90. The van der Waals surface area contributed by atoms with Gasteiger partial charge in [-0.2, -0.15) is 22.8 Å². The summed E-state index contributed by atoms with van der Waals surface area (Å²) in [6.45, 7) is 2.10. The van der Waals surface area contributed by atoms with E-state index in [-0.39, 0.29) is 12.2 Å². The molecular formula is C27H24F3N3O4. The first-order chi connectivity index (χ1) is 17.7. The lowest BCUT2D eigenvalue weighted by molar-refractivity contribution is -0.191. The molecule has 0 unspecified atom stereocenters. The lowest BCUT2D eigenvalue weighted by Gasteiger charge is -2.37. The van der Waals surface area contributed by atoms with Gasteiger partial charge in [-0.1, -0.05) is 30.3 Å². The third kappa shape index (κ3) is 6.04. The van der Waals surface area contributed by atoms with Gasteiger partial charge in [-0.15, -0.1) is 0 Å². The number of halogens is 3. The molecule has 7 nitrogen and oxygen atoms in total. The smallest absolute Gasteiger partial charge is 0.416 e. The fourth-order valence-electron chi connectivity index (χ4n) is 4.75. The van der Waals surface area contributed by atoms with E-state index in [9.17, 15) is 18.0 Å². The predicted octanol–water partition coefficient (Wildman–Crippen LogP) is 5.18. The van der Waals surface area contributed by atoms with Gasteiger partial charge in [-0.3, -0.25) is 14.8 Å². The molecule has 2 aromatic carbocycles.